The largest absolute Gasteiger partial charge is 0.309 e. The first-order valence-electron chi connectivity index (χ1n) is 10.8. The average molecular weight is 466 g/mol. The fourth-order valence-electron chi connectivity index (χ4n) is 3.84. The molecule has 0 radical (unpaired) electrons. The summed E-state index contributed by atoms with van der Waals surface area (Å²) in [6.07, 6.45) is 5.29. The van der Waals surface area contributed by atoms with E-state index in [0.717, 1.165) is 28.5 Å². The van der Waals surface area contributed by atoms with E-state index in [4.69, 9.17) is 0 Å². The Hall–Kier alpha value is -4.93. The van der Waals surface area contributed by atoms with Crippen molar-refractivity contribution in [3.05, 3.63) is 84.7 Å². The Morgan fingerprint density at radius 2 is 1.77 bits per heavy atom. The van der Waals surface area contributed by atoms with E-state index in [1.165, 1.54) is 12.1 Å². The number of hydrogen-bond donors (Lipinski definition) is 1. The standard InChI is InChI=1S/C24H19FN10/c1-15-13-20(32-35(15)18-5-3-17(25)4-6-18)23-31-30-22-14-16(9-12-34(22)23)19-7-10-26-24(28-19)29-21-8-11-27-33(21)2/h3-14H,1-2H3,(H,26,28,29). The Labute approximate surface area is 198 Å². The molecular formula is C24H19FN10. The second kappa shape index (κ2) is 8.13. The van der Waals surface area contributed by atoms with E-state index < -0.39 is 0 Å². The first kappa shape index (κ1) is 20.7. The second-order valence-corrected chi connectivity index (χ2v) is 7.96. The lowest BCUT2D eigenvalue weighted by molar-refractivity contribution is 0.627. The molecule has 1 aromatic carbocycles. The van der Waals surface area contributed by atoms with E-state index in [9.17, 15) is 4.39 Å². The molecule has 0 bridgehead atoms. The molecule has 0 saturated heterocycles. The zero-order chi connectivity index (χ0) is 23.9. The maximum atomic E-state index is 13.3. The Bertz CT molecular complexity index is 1660. The third kappa shape index (κ3) is 3.78. The van der Waals surface area contributed by atoms with Gasteiger partial charge in [-0.05, 0) is 55.5 Å². The normalized spacial score (nSPS) is 11.3. The highest BCUT2D eigenvalue weighted by atomic mass is 19.1. The lowest BCUT2D eigenvalue weighted by atomic mass is 10.2. The number of hydrogen-bond acceptors (Lipinski definition) is 7. The van der Waals surface area contributed by atoms with Crippen molar-refractivity contribution >= 4 is 17.4 Å². The van der Waals surface area contributed by atoms with Crippen LogP contribution in [0.15, 0.2) is 73.2 Å². The van der Waals surface area contributed by atoms with E-state index in [-0.39, 0.29) is 5.82 Å². The number of nitrogens with zero attached hydrogens (tertiary/aromatic N) is 9. The summed E-state index contributed by atoms with van der Waals surface area (Å²) in [7, 11) is 1.84. The maximum absolute atomic E-state index is 13.3. The number of rotatable bonds is 5. The molecule has 172 valence electrons. The molecule has 11 heteroatoms. The molecule has 5 heterocycles. The number of anilines is 2. The highest BCUT2D eigenvalue weighted by Gasteiger charge is 2.15. The average Bonchev–Trinajstić information content (AvgIpc) is 3.58. The topological polar surface area (TPSA) is 104 Å². The quantitative estimate of drug-likeness (QED) is 0.410. The molecule has 0 aliphatic rings. The predicted octanol–water partition coefficient (Wildman–Crippen LogP) is 3.96. The van der Waals surface area contributed by atoms with Gasteiger partial charge in [-0.25, -0.2) is 19.0 Å². The van der Waals surface area contributed by atoms with Gasteiger partial charge in [0.25, 0.3) is 0 Å². The second-order valence-electron chi connectivity index (χ2n) is 7.96. The van der Waals surface area contributed by atoms with Gasteiger partial charge >= 0.3 is 0 Å². The number of aromatic nitrogens is 9. The third-order valence-corrected chi connectivity index (χ3v) is 5.61. The van der Waals surface area contributed by atoms with Gasteiger partial charge in [-0.2, -0.15) is 10.2 Å². The minimum atomic E-state index is -0.290. The van der Waals surface area contributed by atoms with Crippen molar-refractivity contribution in [2.24, 2.45) is 7.05 Å². The van der Waals surface area contributed by atoms with Crippen LogP contribution in [0, 0.1) is 12.7 Å². The molecule has 0 saturated carbocycles. The minimum absolute atomic E-state index is 0.290. The van der Waals surface area contributed by atoms with Gasteiger partial charge in [0.1, 0.15) is 17.3 Å². The van der Waals surface area contributed by atoms with Gasteiger partial charge in [-0.3, -0.25) is 9.08 Å². The Balaban J connectivity index is 1.32. The van der Waals surface area contributed by atoms with Crippen LogP contribution in [0.2, 0.25) is 0 Å². The first-order chi connectivity index (χ1) is 17.0. The van der Waals surface area contributed by atoms with Crippen molar-refractivity contribution in [1.29, 1.82) is 0 Å². The van der Waals surface area contributed by atoms with Crippen LogP contribution in [0.4, 0.5) is 16.2 Å². The van der Waals surface area contributed by atoms with Crippen LogP contribution in [0.3, 0.4) is 0 Å². The van der Waals surface area contributed by atoms with Crippen LogP contribution in [-0.2, 0) is 7.05 Å². The summed E-state index contributed by atoms with van der Waals surface area (Å²) >= 11 is 0. The molecule has 6 aromatic rings. The predicted molar refractivity (Wildman–Crippen MR) is 128 cm³/mol. The molecule has 35 heavy (non-hydrogen) atoms. The van der Waals surface area contributed by atoms with Crippen molar-refractivity contribution < 1.29 is 4.39 Å². The summed E-state index contributed by atoms with van der Waals surface area (Å²) in [6.45, 7) is 1.94. The van der Waals surface area contributed by atoms with Gasteiger partial charge in [-0.1, -0.05) is 0 Å². The van der Waals surface area contributed by atoms with E-state index in [1.807, 2.05) is 54.9 Å². The Morgan fingerprint density at radius 3 is 2.57 bits per heavy atom. The summed E-state index contributed by atoms with van der Waals surface area (Å²) in [5.41, 5.74) is 4.61. The van der Waals surface area contributed by atoms with Crippen molar-refractivity contribution in [2.45, 2.75) is 6.92 Å². The van der Waals surface area contributed by atoms with Crippen LogP contribution >= 0.6 is 0 Å². The number of benzene rings is 1. The van der Waals surface area contributed by atoms with Crippen LogP contribution in [0.1, 0.15) is 5.69 Å². The van der Waals surface area contributed by atoms with Crippen molar-refractivity contribution in [3.8, 4) is 28.5 Å². The molecule has 0 spiro atoms. The summed E-state index contributed by atoms with van der Waals surface area (Å²) < 4.78 is 18.6. The molecule has 6 rings (SSSR count). The maximum Gasteiger partial charge on any atom is 0.228 e. The number of pyridine rings is 1. The Kier molecular flexibility index (Phi) is 4.80. The summed E-state index contributed by atoms with van der Waals surface area (Å²) in [4.78, 5) is 8.92. The summed E-state index contributed by atoms with van der Waals surface area (Å²) in [6, 6.07) is 15.7. The van der Waals surface area contributed by atoms with E-state index >= 15 is 0 Å². The van der Waals surface area contributed by atoms with Gasteiger partial charge in [0.15, 0.2) is 11.5 Å². The smallest absolute Gasteiger partial charge is 0.228 e. The zero-order valence-electron chi connectivity index (χ0n) is 18.8. The van der Waals surface area contributed by atoms with Crippen LogP contribution in [0.5, 0.6) is 0 Å². The lowest BCUT2D eigenvalue weighted by Gasteiger charge is -2.07. The first-order valence-corrected chi connectivity index (χ1v) is 10.8. The fourth-order valence-corrected chi connectivity index (χ4v) is 3.84. The highest BCUT2D eigenvalue weighted by Crippen LogP contribution is 2.24. The monoisotopic (exact) mass is 466 g/mol. The SMILES string of the molecule is Cc1cc(-c2nnc3cc(-c4ccnc(Nc5ccnn5C)n4)ccn23)nn1-c1ccc(F)cc1. The fraction of sp³-hybridized carbons (Fsp3) is 0.0833. The highest BCUT2D eigenvalue weighted by molar-refractivity contribution is 5.67. The molecular weight excluding hydrogens is 447 g/mol. The summed E-state index contributed by atoms with van der Waals surface area (Å²) in [5.74, 6) is 1.57. The van der Waals surface area contributed by atoms with Crippen molar-refractivity contribution in [2.75, 3.05) is 5.32 Å². The van der Waals surface area contributed by atoms with Gasteiger partial charge in [-0.15, -0.1) is 10.2 Å². The molecule has 0 amide bonds. The summed E-state index contributed by atoms with van der Waals surface area (Å²) in [5, 5.41) is 20.7. The van der Waals surface area contributed by atoms with Crippen molar-refractivity contribution in [3.63, 3.8) is 0 Å². The lowest BCUT2D eigenvalue weighted by Crippen LogP contribution is -2.03. The van der Waals surface area contributed by atoms with E-state index in [0.29, 0.717) is 23.1 Å². The Morgan fingerprint density at radius 1 is 0.914 bits per heavy atom. The number of halogens is 1. The molecule has 1 N–H and O–H groups in total. The number of nitrogens with one attached hydrogen (secondary N) is 1. The van der Waals surface area contributed by atoms with Crippen LogP contribution in [-0.4, -0.2) is 44.1 Å². The molecule has 0 atom stereocenters. The van der Waals surface area contributed by atoms with E-state index in [1.54, 1.807) is 33.9 Å². The molecule has 0 unspecified atom stereocenters. The van der Waals surface area contributed by atoms with Crippen LogP contribution < -0.4 is 5.32 Å². The molecule has 0 fully saturated rings. The van der Waals surface area contributed by atoms with Gasteiger partial charge in [0.2, 0.25) is 5.95 Å². The molecule has 0 aliphatic carbocycles. The molecule has 5 aromatic heterocycles. The van der Waals surface area contributed by atoms with Gasteiger partial charge in [0.05, 0.1) is 17.6 Å². The molecule has 0 aliphatic heterocycles. The van der Waals surface area contributed by atoms with Crippen LogP contribution in [0.25, 0.3) is 34.1 Å². The van der Waals surface area contributed by atoms with Crippen molar-refractivity contribution in [1.82, 2.24) is 44.1 Å². The van der Waals surface area contributed by atoms with Gasteiger partial charge in [0, 0.05) is 36.8 Å². The van der Waals surface area contributed by atoms with E-state index in [2.05, 4.69) is 35.7 Å². The molecule has 10 nitrogen and oxygen atoms in total. The number of aryl methyl sites for hydroxylation is 2. The zero-order valence-corrected chi connectivity index (χ0v) is 18.8. The third-order valence-electron chi connectivity index (χ3n) is 5.61. The minimum Gasteiger partial charge on any atom is -0.309 e. The number of fused-ring (bicyclic) bond motifs is 1. The van der Waals surface area contributed by atoms with Gasteiger partial charge < -0.3 is 5.32 Å².